The summed E-state index contributed by atoms with van der Waals surface area (Å²) in [7, 11) is 0. The lowest BCUT2D eigenvalue weighted by Gasteiger charge is -2.15. The van der Waals surface area contributed by atoms with E-state index in [0.717, 1.165) is 24.4 Å². The predicted octanol–water partition coefficient (Wildman–Crippen LogP) is 4.87. The molecule has 0 unspecified atom stereocenters. The van der Waals surface area contributed by atoms with E-state index in [2.05, 4.69) is 67.6 Å². The molecule has 2 aromatic carbocycles. The number of rotatable bonds is 4. The van der Waals surface area contributed by atoms with Gasteiger partial charge in [-0.1, -0.05) is 61.5 Å². The molecule has 3 nitrogen and oxygen atoms in total. The van der Waals surface area contributed by atoms with E-state index < -0.39 is 0 Å². The predicted molar refractivity (Wildman–Crippen MR) is 93.3 cm³/mol. The summed E-state index contributed by atoms with van der Waals surface area (Å²) in [6.07, 6.45) is 2.89. The number of hydrogen-bond acceptors (Lipinski definition) is 3. The Morgan fingerprint density at radius 1 is 1.00 bits per heavy atom. The molecule has 0 aliphatic heterocycles. The average Bonchev–Trinajstić information content (AvgIpc) is 2.61. The fourth-order valence-corrected chi connectivity index (χ4v) is 2.70. The minimum Gasteiger partial charge on any atom is -0.253 e. The number of nitrogens with one attached hydrogen (secondary N) is 1. The number of benzene rings is 2. The summed E-state index contributed by atoms with van der Waals surface area (Å²) >= 11 is 0. The minimum absolute atomic E-state index is 0.546. The Bertz CT molecular complexity index is 778. The maximum absolute atomic E-state index is 8.35. The molecule has 23 heavy (non-hydrogen) atoms. The SMILES string of the molecule is CC[C@H](Cc1ccc2ccccc2n1)c1ccccc1.N=C=O. The van der Waals surface area contributed by atoms with Gasteiger partial charge in [-0.25, -0.2) is 10.2 Å². The van der Waals surface area contributed by atoms with Crippen molar-refractivity contribution >= 4 is 17.0 Å². The third-order valence-corrected chi connectivity index (χ3v) is 3.88. The second kappa shape index (κ2) is 8.62. The molecular formula is C20H20N2O. The molecule has 3 rings (SSSR count). The van der Waals surface area contributed by atoms with Gasteiger partial charge in [-0.05, 0) is 36.5 Å². The Morgan fingerprint density at radius 2 is 1.65 bits per heavy atom. The first-order chi connectivity index (χ1) is 11.3. The monoisotopic (exact) mass is 304 g/mol. The summed E-state index contributed by atoms with van der Waals surface area (Å²) in [4.78, 5) is 13.1. The van der Waals surface area contributed by atoms with Crippen LogP contribution in [0.2, 0.25) is 0 Å². The van der Waals surface area contributed by atoms with Crippen LogP contribution < -0.4 is 0 Å². The summed E-state index contributed by atoms with van der Waals surface area (Å²) in [6, 6.07) is 23.4. The number of hydrogen-bond donors (Lipinski definition) is 1. The van der Waals surface area contributed by atoms with E-state index in [1.165, 1.54) is 16.6 Å². The first-order valence-corrected chi connectivity index (χ1v) is 7.72. The Hall–Kier alpha value is -2.77. The van der Waals surface area contributed by atoms with Gasteiger partial charge in [-0.3, -0.25) is 4.98 Å². The summed E-state index contributed by atoms with van der Waals surface area (Å²) in [5.41, 5.74) is 3.68. The lowest BCUT2D eigenvalue weighted by molar-refractivity contribution is 0.563. The van der Waals surface area contributed by atoms with Crippen LogP contribution in [0, 0.1) is 5.41 Å². The van der Waals surface area contributed by atoms with Crippen LogP contribution in [0.25, 0.3) is 10.9 Å². The molecule has 116 valence electrons. The Kier molecular flexibility index (Phi) is 6.22. The van der Waals surface area contributed by atoms with E-state index in [4.69, 9.17) is 15.2 Å². The van der Waals surface area contributed by atoms with Gasteiger partial charge in [-0.15, -0.1) is 0 Å². The highest BCUT2D eigenvalue weighted by Crippen LogP contribution is 2.24. The van der Waals surface area contributed by atoms with E-state index >= 15 is 0 Å². The molecule has 3 heteroatoms. The quantitative estimate of drug-likeness (QED) is 0.552. The van der Waals surface area contributed by atoms with Crippen molar-refractivity contribution in [3.8, 4) is 0 Å². The molecule has 0 aliphatic rings. The highest BCUT2D eigenvalue weighted by Gasteiger charge is 2.11. The molecule has 0 fully saturated rings. The molecule has 0 bridgehead atoms. The average molecular weight is 304 g/mol. The lowest BCUT2D eigenvalue weighted by atomic mass is 9.91. The van der Waals surface area contributed by atoms with Gasteiger partial charge in [0.15, 0.2) is 0 Å². The second-order valence-electron chi connectivity index (χ2n) is 5.32. The van der Waals surface area contributed by atoms with E-state index in [1.54, 1.807) is 0 Å². The van der Waals surface area contributed by atoms with E-state index in [1.807, 2.05) is 6.07 Å². The van der Waals surface area contributed by atoms with Crippen LogP contribution in [0.4, 0.5) is 0 Å². The van der Waals surface area contributed by atoms with Gasteiger partial charge in [0, 0.05) is 11.1 Å². The number of carbonyl (C=O) groups excluding carboxylic acids is 1. The van der Waals surface area contributed by atoms with Crippen molar-refractivity contribution in [2.24, 2.45) is 0 Å². The lowest BCUT2D eigenvalue weighted by Crippen LogP contribution is -2.03. The highest BCUT2D eigenvalue weighted by atomic mass is 16.1. The first-order valence-electron chi connectivity index (χ1n) is 7.72. The van der Waals surface area contributed by atoms with Crippen molar-refractivity contribution in [3.63, 3.8) is 0 Å². The fourth-order valence-electron chi connectivity index (χ4n) is 2.70. The second-order valence-corrected chi connectivity index (χ2v) is 5.32. The first kappa shape index (κ1) is 16.6. The summed E-state index contributed by atoms with van der Waals surface area (Å²) in [6.45, 7) is 2.25. The van der Waals surface area contributed by atoms with Crippen LogP contribution in [-0.2, 0) is 11.2 Å². The van der Waals surface area contributed by atoms with Crippen LogP contribution in [-0.4, -0.2) is 11.1 Å². The molecule has 1 atom stereocenters. The number of para-hydroxylation sites is 1. The third-order valence-electron chi connectivity index (χ3n) is 3.88. The molecule has 0 saturated heterocycles. The molecule has 0 aliphatic carbocycles. The molecule has 3 aromatic rings. The molecule has 0 saturated carbocycles. The van der Waals surface area contributed by atoms with Gasteiger partial charge >= 0.3 is 0 Å². The standard InChI is InChI=1S/C19H19N.CHNO/c1-2-15(16-8-4-3-5-9-16)14-18-13-12-17-10-6-7-11-19(17)20-18;2-1-3/h3-13,15H,2,14H2,1H3;2H/t15-;/m1./s1. The molecule has 1 heterocycles. The molecule has 1 N–H and O–H groups in total. The van der Waals surface area contributed by atoms with Gasteiger partial charge in [0.2, 0.25) is 6.08 Å². The Labute approximate surface area is 136 Å². The molecule has 0 spiro atoms. The van der Waals surface area contributed by atoms with Crippen LogP contribution in [0.5, 0.6) is 0 Å². The zero-order valence-corrected chi connectivity index (χ0v) is 13.2. The summed E-state index contributed by atoms with van der Waals surface area (Å²) in [5.74, 6) is 0.546. The molecule has 0 amide bonds. The Morgan fingerprint density at radius 3 is 2.35 bits per heavy atom. The number of aromatic nitrogens is 1. The third kappa shape index (κ3) is 4.60. The maximum Gasteiger partial charge on any atom is 0.231 e. The summed E-state index contributed by atoms with van der Waals surface area (Å²) < 4.78 is 0. The van der Waals surface area contributed by atoms with Crippen molar-refractivity contribution < 1.29 is 4.79 Å². The van der Waals surface area contributed by atoms with Crippen LogP contribution >= 0.6 is 0 Å². The molecule has 1 aromatic heterocycles. The van der Waals surface area contributed by atoms with Crippen molar-refractivity contribution in [1.82, 2.24) is 4.98 Å². The van der Waals surface area contributed by atoms with Crippen LogP contribution in [0.3, 0.4) is 0 Å². The van der Waals surface area contributed by atoms with Crippen LogP contribution in [0.15, 0.2) is 66.7 Å². The van der Waals surface area contributed by atoms with E-state index in [0.29, 0.717) is 5.92 Å². The molecular weight excluding hydrogens is 284 g/mol. The smallest absolute Gasteiger partial charge is 0.231 e. The number of nitrogens with zero attached hydrogens (tertiary/aromatic N) is 1. The van der Waals surface area contributed by atoms with Crippen molar-refractivity contribution in [3.05, 3.63) is 78.0 Å². The normalized spacial score (nSPS) is 11.2. The Balaban J connectivity index is 0.000000595. The van der Waals surface area contributed by atoms with Gasteiger partial charge in [-0.2, -0.15) is 0 Å². The number of isocyanates is 1. The van der Waals surface area contributed by atoms with E-state index in [9.17, 15) is 0 Å². The highest BCUT2D eigenvalue weighted by molar-refractivity contribution is 5.78. The van der Waals surface area contributed by atoms with Gasteiger partial charge in [0.25, 0.3) is 0 Å². The van der Waals surface area contributed by atoms with Gasteiger partial charge in [0.05, 0.1) is 5.52 Å². The van der Waals surface area contributed by atoms with Crippen molar-refractivity contribution in [2.75, 3.05) is 0 Å². The zero-order chi connectivity index (χ0) is 16.5. The topological polar surface area (TPSA) is 53.8 Å². The minimum atomic E-state index is 0.546. The van der Waals surface area contributed by atoms with Gasteiger partial charge in [0.1, 0.15) is 0 Å². The van der Waals surface area contributed by atoms with Crippen molar-refractivity contribution in [1.29, 1.82) is 5.41 Å². The fraction of sp³-hybridized carbons (Fsp3) is 0.200. The molecule has 0 radical (unpaired) electrons. The largest absolute Gasteiger partial charge is 0.253 e. The number of fused-ring (bicyclic) bond motifs is 1. The number of pyridine rings is 1. The van der Waals surface area contributed by atoms with E-state index in [-0.39, 0.29) is 0 Å². The maximum atomic E-state index is 8.35. The zero-order valence-electron chi connectivity index (χ0n) is 13.2. The summed E-state index contributed by atoms with van der Waals surface area (Å²) in [5, 5.41) is 6.61. The van der Waals surface area contributed by atoms with Gasteiger partial charge < -0.3 is 0 Å². The van der Waals surface area contributed by atoms with Crippen molar-refractivity contribution in [2.45, 2.75) is 25.7 Å². The van der Waals surface area contributed by atoms with Crippen LogP contribution in [0.1, 0.15) is 30.5 Å².